The molecular formula is C11H13ClFN5O3. The van der Waals surface area contributed by atoms with E-state index in [2.05, 4.69) is 15.0 Å². The van der Waals surface area contributed by atoms with E-state index in [0.717, 1.165) is 0 Å². The largest absolute Gasteiger partial charge is 0.394 e. The molecule has 4 N–H and O–H groups in total. The number of hydrogen-bond donors (Lipinski definition) is 3. The Morgan fingerprint density at radius 1 is 1.57 bits per heavy atom. The molecule has 114 valence electrons. The van der Waals surface area contributed by atoms with Crippen LogP contribution in [0.5, 0.6) is 0 Å². The number of imidazole rings is 1. The number of nitrogen functional groups attached to an aromatic ring is 1. The summed E-state index contributed by atoms with van der Waals surface area (Å²) in [6.45, 7) is 0.717. The van der Waals surface area contributed by atoms with Crippen LogP contribution in [0.15, 0.2) is 6.33 Å². The van der Waals surface area contributed by atoms with Gasteiger partial charge in [-0.25, -0.2) is 9.37 Å². The molecule has 1 aliphatic heterocycles. The highest BCUT2D eigenvalue weighted by molar-refractivity contribution is 6.33. The SMILES string of the molecule is C[C@]1(O)[C@H](F)[C@@H](CO)O[C@H]1n1cnc2c(Cl)nc(N)nc21. The quantitative estimate of drug-likeness (QED) is 0.669. The molecule has 1 saturated heterocycles. The Morgan fingerprint density at radius 2 is 2.29 bits per heavy atom. The Labute approximate surface area is 123 Å². The van der Waals surface area contributed by atoms with E-state index in [9.17, 15) is 9.50 Å². The van der Waals surface area contributed by atoms with Gasteiger partial charge in [0.05, 0.1) is 12.9 Å². The molecule has 0 amide bonds. The van der Waals surface area contributed by atoms with Gasteiger partial charge in [-0.2, -0.15) is 9.97 Å². The highest BCUT2D eigenvalue weighted by atomic mass is 35.5. The lowest BCUT2D eigenvalue weighted by Crippen LogP contribution is -2.41. The van der Waals surface area contributed by atoms with Crippen molar-refractivity contribution in [1.29, 1.82) is 0 Å². The summed E-state index contributed by atoms with van der Waals surface area (Å²) < 4.78 is 20.8. The smallest absolute Gasteiger partial charge is 0.223 e. The highest BCUT2D eigenvalue weighted by Gasteiger charge is 2.54. The third-order valence-electron chi connectivity index (χ3n) is 3.52. The van der Waals surface area contributed by atoms with Crippen LogP contribution in [0, 0.1) is 0 Å². The molecule has 0 saturated carbocycles. The van der Waals surface area contributed by atoms with Crippen molar-refractivity contribution in [2.24, 2.45) is 0 Å². The van der Waals surface area contributed by atoms with Crippen LogP contribution in [0.4, 0.5) is 10.3 Å². The lowest BCUT2D eigenvalue weighted by atomic mass is 9.98. The number of rotatable bonds is 2. The Balaban J connectivity index is 2.13. The second-order valence-electron chi connectivity index (χ2n) is 5.03. The molecule has 1 aliphatic rings. The van der Waals surface area contributed by atoms with E-state index < -0.39 is 30.7 Å². The first-order valence-corrected chi connectivity index (χ1v) is 6.52. The van der Waals surface area contributed by atoms with E-state index >= 15 is 0 Å². The molecule has 0 aromatic carbocycles. The van der Waals surface area contributed by atoms with E-state index in [-0.39, 0.29) is 22.3 Å². The average molecular weight is 318 g/mol. The fraction of sp³-hybridized carbons (Fsp3) is 0.545. The maximum absolute atomic E-state index is 14.1. The number of hydrogen-bond acceptors (Lipinski definition) is 7. The predicted molar refractivity (Wildman–Crippen MR) is 71.3 cm³/mol. The summed E-state index contributed by atoms with van der Waals surface area (Å²) in [6, 6.07) is 0. The van der Waals surface area contributed by atoms with Gasteiger partial charge in [0.15, 0.2) is 23.2 Å². The van der Waals surface area contributed by atoms with Gasteiger partial charge in [-0.1, -0.05) is 11.6 Å². The fourth-order valence-corrected chi connectivity index (χ4v) is 2.66. The number of nitrogens with zero attached hydrogens (tertiary/aromatic N) is 4. The number of aliphatic hydroxyl groups excluding tert-OH is 1. The van der Waals surface area contributed by atoms with Gasteiger partial charge >= 0.3 is 0 Å². The summed E-state index contributed by atoms with van der Waals surface area (Å²) in [7, 11) is 0. The molecule has 0 radical (unpaired) electrons. The van der Waals surface area contributed by atoms with E-state index in [4.69, 9.17) is 27.2 Å². The van der Waals surface area contributed by atoms with Crippen LogP contribution in [0.25, 0.3) is 11.2 Å². The van der Waals surface area contributed by atoms with Crippen molar-refractivity contribution >= 4 is 28.7 Å². The van der Waals surface area contributed by atoms with E-state index in [1.165, 1.54) is 17.8 Å². The minimum atomic E-state index is -1.87. The van der Waals surface area contributed by atoms with Crippen LogP contribution >= 0.6 is 11.6 Å². The fourth-order valence-electron chi connectivity index (χ4n) is 2.44. The van der Waals surface area contributed by atoms with Crippen molar-refractivity contribution in [2.75, 3.05) is 12.3 Å². The number of aromatic nitrogens is 4. The van der Waals surface area contributed by atoms with Gasteiger partial charge in [-0.15, -0.1) is 0 Å². The van der Waals surface area contributed by atoms with Crippen molar-refractivity contribution < 1.29 is 19.3 Å². The zero-order valence-corrected chi connectivity index (χ0v) is 11.7. The molecule has 0 bridgehead atoms. The number of alkyl halides is 1. The second kappa shape index (κ2) is 4.73. The molecule has 8 nitrogen and oxygen atoms in total. The average Bonchev–Trinajstić information content (AvgIpc) is 2.91. The van der Waals surface area contributed by atoms with Gasteiger partial charge in [0.1, 0.15) is 17.2 Å². The van der Waals surface area contributed by atoms with Crippen molar-refractivity contribution in [1.82, 2.24) is 19.5 Å². The first-order chi connectivity index (χ1) is 9.86. The van der Waals surface area contributed by atoms with Crippen molar-refractivity contribution in [3.8, 4) is 0 Å². The maximum atomic E-state index is 14.1. The third-order valence-corrected chi connectivity index (χ3v) is 3.78. The highest BCUT2D eigenvalue weighted by Crippen LogP contribution is 2.41. The summed E-state index contributed by atoms with van der Waals surface area (Å²) >= 11 is 5.91. The van der Waals surface area contributed by atoms with Gasteiger partial charge in [0.25, 0.3) is 0 Å². The van der Waals surface area contributed by atoms with Crippen LogP contribution in [-0.4, -0.2) is 54.2 Å². The molecule has 2 aromatic rings. The molecule has 3 rings (SSSR count). The van der Waals surface area contributed by atoms with Crippen LogP contribution < -0.4 is 5.73 Å². The van der Waals surface area contributed by atoms with E-state index in [1.807, 2.05) is 0 Å². The molecule has 0 spiro atoms. The van der Waals surface area contributed by atoms with Gasteiger partial charge < -0.3 is 20.7 Å². The minimum Gasteiger partial charge on any atom is -0.394 e. The summed E-state index contributed by atoms with van der Waals surface area (Å²) in [5.74, 6) is -0.0811. The summed E-state index contributed by atoms with van der Waals surface area (Å²) in [4.78, 5) is 11.8. The van der Waals surface area contributed by atoms with Crippen molar-refractivity contribution in [2.45, 2.75) is 31.0 Å². The molecule has 4 atom stereocenters. The van der Waals surface area contributed by atoms with Crippen LogP contribution in [-0.2, 0) is 4.74 Å². The molecule has 1 fully saturated rings. The molecule has 21 heavy (non-hydrogen) atoms. The van der Waals surface area contributed by atoms with Crippen LogP contribution in [0.2, 0.25) is 5.15 Å². The number of ether oxygens (including phenoxy) is 1. The molecule has 10 heteroatoms. The van der Waals surface area contributed by atoms with Crippen LogP contribution in [0.1, 0.15) is 13.2 Å². The molecule has 0 unspecified atom stereocenters. The first-order valence-electron chi connectivity index (χ1n) is 6.14. The van der Waals surface area contributed by atoms with Gasteiger partial charge in [-0.05, 0) is 6.92 Å². The number of anilines is 1. The summed E-state index contributed by atoms with van der Waals surface area (Å²) in [5.41, 5.74) is 4.14. The van der Waals surface area contributed by atoms with Crippen molar-refractivity contribution in [3.05, 3.63) is 11.5 Å². The Kier molecular flexibility index (Phi) is 3.24. The van der Waals surface area contributed by atoms with Gasteiger partial charge in [0, 0.05) is 0 Å². The van der Waals surface area contributed by atoms with E-state index in [0.29, 0.717) is 0 Å². The van der Waals surface area contributed by atoms with E-state index in [1.54, 1.807) is 0 Å². The normalized spacial score (nSPS) is 32.9. The molecule has 2 aromatic heterocycles. The lowest BCUT2D eigenvalue weighted by Gasteiger charge is -2.26. The molecule has 3 heterocycles. The topological polar surface area (TPSA) is 119 Å². The Hall–Kier alpha value is -1.55. The lowest BCUT2D eigenvalue weighted by molar-refractivity contribution is -0.0892. The van der Waals surface area contributed by atoms with Crippen LogP contribution in [0.3, 0.4) is 0 Å². The Bertz CT molecular complexity index is 694. The minimum absolute atomic E-state index is 0.0457. The summed E-state index contributed by atoms with van der Waals surface area (Å²) in [5, 5.41) is 19.5. The zero-order chi connectivity index (χ0) is 15.4. The number of halogens is 2. The number of nitrogens with two attached hydrogens (primary N) is 1. The standard InChI is InChI=1S/C11H13ClFN5O3/c1-11(20)6(13)4(2-19)21-9(11)18-3-15-5-7(12)16-10(14)17-8(5)18/h3-4,6,9,19-20H,2H2,1H3,(H2,14,16,17)/t4-,6-,9-,11+/m1/s1. The van der Waals surface area contributed by atoms with Crippen molar-refractivity contribution in [3.63, 3.8) is 0 Å². The number of fused-ring (bicyclic) bond motifs is 1. The Morgan fingerprint density at radius 3 is 2.90 bits per heavy atom. The maximum Gasteiger partial charge on any atom is 0.223 e. The second-order valence-corrected chi connectivity index (χ2v) is 5.39. The predicted octanol–water partition coefficient (Wildman–Crippen LogP) is 0.0407. The zero-order valence-electron chi connectivity index (χ0n) is 10.9. The van der Waals surface area contributed by atoms with Gasteiger partial charge in [0.2, 0.25) is 5.95 Å². The molecular weight excluding hydrogens is 305 g/mol. The summed E-state index contributed by atoms with van der Waals surface area (Å²) in [6.07, 6.45) is -2.73. The number of aliphatic hydroxyl groups is 2. The third kappa shape index (κ3) is 2.04. The molecule has 0 aliphatic carbocycles. The van der Waals surface area contributed by atoms with Gasteiger partial charge in [-0.3, -0.25) is 4.57 Å². The monoisotopic (exact) mass is 317 g/mol. The first kappa shape index (κ1) is 14.4.